The lowest BCUT2D eigenvalue weighted by Crippen LogP contribution is -1.91. The van der Waals surface area contributed by atoms with E-state index in [9.17, 15) is 0 Å². The largest absolute Gasteiger partial charge is 0.383 e. The van der Waals surface area contributed by atoms with Crippen molar-refractivity contribution in [1.29, 1.82) is 0 Å². The zero-order valence-corrected chi connectivity index (χ0v) is 8.17. The first kappa shape index (κ1) is 7.44. The summed E-state index contributed by atoms with van der Waals surface area (Å²) in [6, 6.07) is 4.10. The molecule has 0 radical (unpaired) electrons. The Hall–Kier alpha value is -0.210. The van der Waals surface area contributed by atoms with E-state index in [0.29, 0.717) is 0 Å². The summed E-state index contributed by atoms with van der Waals surface area (Å²) >= 11 is 9.41. The highest BCUT2D eigenvalue weighted by atomic mass is 79.9. The van der Waals surface area contributed by atoms with Crippen LogP contribution in [0.4, 0.5) is 5.69 Å². The molecule has 0 spiro atoms. The number of fused-ring (bicyclic) bond motifs is 1. The number of benzene rings is 1. The maximum Gasteiger partial charge on any atom is 0.0782 e. The highest BCUT2D eigenvalue weighted by molar-refractivity contribution is 9.10. The molecule has 1 aliphatic rings. The van der Waals surface area contributed by atoms with E-state index in [0.717, 1.165) is 28.1 Å². The molecule has 0 aliphatic carbocycles. The molecule has 1 aromatic carbocycles. The predicted molar refractivity (Wildman–Crippen MR) is 51.3 cm³/mol. The molecule has 0 bridgehead atoms. The smallest absolute Gasteiger partial charge is 0.0782 e. The second kappa shape index (κ2) is 2.68. The third-order valence-corrected chi connectivity index (χ3v) is 3.16. The number of anilines is 1. The van der Waals surface area contributed by atoms with E-state index in [4.69, 9.17) is 11.6 Å². The predicted octanol–water partition coefficient (Wildman–Crippen LogP) is 3.07. The van der Waals surface area contributed by atoms with Gasteiger partial charge in [0.15, 0.2) is 0 Å². The molecule has 0 saturated heterocycles. The molecule has 0 atom stereocenters. The molecule has 0 amide bonds. The molecule has 58 valence electrons. The number of hydrogen-bond donors (Lipinski definition) is 1. The normalized spacial score (nSPS) is 14.4. The van der Waals surface area contributed by atoms with Crippen LogP contribution < -0.4 is 5.32 Å². The van der Waals surface area contributed by atoms with Crippen molar-refractivity contribution in [3.63, 3.8) is 0 Å². The van der Waals surface area contributed by atoms with Gasteiger partial charge in [-0.2, -0.15) is 0 Å². The zero-order chi connectivity index (χ0) is 7.84. The summed E-state index contributed by atoms with van der Waals surface area (Å²) in [6.07, 6.45) is 1.09. The maximum absolute atomic E-state index is 6.03. The summed E-state index contributed by atoms with van der Waals surface area (Å²) in [4.78, 5) is 0. The Bertz CT molecular complexity index is 298. The van der Waals surface area contributed by atoms with Crippen molar-refractivity contribution >= 4 is 33.2 Å². The van der Waals surface area contributed by atoms with Crippen molar-refractivity contribution in [3.05, 3.63) is 27.2 Å². The van der Waals surface area contributed by atoms with Gasteiger partial charge in [0.05, 0.1) is 10.7 Å². The number of hydrogen-bond acceptors (Lipinski definition) is 1. The highest BCUT2D eigenvalue weighted by Crippen LogP contribution is 2.35. The summed E-state index contributed by atoms with van der Waals surface area (Å²) < 4.78 is 0.965. The molecule has 3 heteroatoms. The average Bonchev–Trinajstić information content (AvgIpc) is 2.45. The zero-order valence-electron chi connectivity index (χ0n) is 5.82. The third-order valence-electron chi connectivity index (χ3n) is 1.88. The minimum absolute atomic E-state index is 0.806. The number of rotatable bonds is 0. The van der Waals surface area contributed by atoms with Crippen LogP contribution in [0.1, 0.15) is 5.56 Å². The molecule has 0 saturated carbocycles. The summed E-state index contributed by atoms with van der Waals surface area (Å²) in [6.45, 7) is 1.01. The first-order chi connectivity index (χ1) is 5.29. The summed E-state index contributed by atoms with van der Waals surface area (Å²) in [5.74, 6) is 0. The van der Waals surface area contributed by atoms with Crippen LogP contribution in [0.3, 0.4) is 0 Å². The lowest BCUT2D eigenvalue weighted by atomic mass is 10.2. The summed E-state index contributed by atoms with van der Waals surface area (Å²) in [5, 5.41) is 4.05. The lowest BCUT2D eigenvalue weighted by molar-refractivity contribution is 1.11. The average molecular weight is 233 g/mol. The van der Waals surface area contributed by atoms with Crippen LogP contribution in [0.15, 0.2) is 16.6 Å². The van der Waals surface area contributed by atoms with E-state index >= 15 is 0 Å². The first-order valence-corrected chi connectivity index (χ1v) is 4.67. The van der Waals surface area contributed by atoms with Crippen LogP contribution in [-0.4, -0.2) is 6.54 Å². The Balaban J connectivity index is 2.62. The van der Waals surface area contributed by atoms with Gasteiger partial charge in [-0.05, 0) is 34.0 Å². The van der Waals surface area contributed by atoms with Gasteiger partial charge in [0, 0.05) is 11.0 Å². The Morgan fingerprint density at radius 2 is 2.27 bits per heavy atom. The van der Waals surface area contributed by atoms with E-state index in [1.165, 1.54) is 5.56 Å². The third kappa shape index (κ3) is 1.14. The lowest BCUT2D eigenvalue weighted by Gasteiger charge is -2.03. The van der Waals surface area contributed by atoms with Crippen molar-refractivity contribution < 1.29 is 0 Å². The molecule has 1 aromatic rings. The molecule has 1 heterocycles. The molecule has 2 rings (SSSR count). The van der Waals surface area contributed by atoms with Gasteiger partial charge in [-0.25, -0.2) is 0 Å². The van der Waals surface area contributed by atoms with Gasteiger partial charge in [0.1, 0.15) is 0 Å². The van der Waals surface area contributed by atoms with Gasteiger partial charge in [-0.1, -0.05) is 17.7 Å². The standard InChI is InChI=1S/C8H7BrClN/c9-6-2-1-5-3-4-11-8(5)7(6)10/h1-2,11H,3-4H2. The minimum Gasteiger partial charge on any atom is -0.383 e. The highest BCUT2D eigenvalue weighted by Gasteiger charge is 2.14. The Kier molecular flexibility index (Phi) is 1.81. The Labute approximate surface area is 78.9 Å². The molecular weight excluding hydrogens is 225 g/mol. The molecule has 1 N–H and O–H groups in total. The fourth-order valence-electron chi connectivity index (χ4n) is 1.31. The molecule has 0 unspecified atom stereocenters. The van der Waals surface area contributed by atoms with E-state index in [1.54, 1.807) is 0 Å². The topological polar surface area (TPSA) is 12.0 Å². The van der Waals surface area contributed by atoms with E-state index < -0.39 is 0 Å². The van der Waals surface area contributed by atoms with Crippen molar-refractivity contribution in [3.8, 4) is 0 Å². The molecule has 1 nitrogen and oxygen atoms in total. The van der Waals surface area contributed by atoms with Crippen molar-refractivity contribution in [2.24, 2.45) is 0 Å². The quantitative estimate of drug-likeness (QED) is 0.725. The molecular formula is C8H7BrClN. The van der Waals surface area contributed by atoms with Crippen LogP contribution in [0.5, 0.6) is 0 Å². The Morgan fingerprint density at radius 1 is 1.45 bits per heavy atom. The molecule has 1 aliphatic heterocycles. The van der Waals surface area contributed by atoms with E-state index in [-0.39, 0.29) is 0 Å². The van der Waals surface area contributed by atoms with Gasteiger partial charge >= 0.3 is 0 Å². The van der Waals surface area contributed by atoms with Gasteiger partial charge in [0.25, 0.3) is 0 Å². The Morgan fingerprint density at radius 3 is 3.09 bits per heavy atom. The monoisotopic (exact) mass is 231 g/mol. The second-order valence-electron chi connectivity index (χ2n) is 2.57. The van der Waals surface area contributed by atoms with Gasteiger partial charge < -0.3 is 5.32 Å². The van der Waals surface area contributed by atoms with Crippen LogP contribution >= 0.6 is 27.5 Å². The first-order valence-electron chi connectivity index (χ1n) is 3.50. The molecule has 0 fully saturated rings. The SMILES string of the molecule is Clc1c(Br)ccc2c1NCC2. The molecule has 11 heavy (non-hydrogen) atoms. The van der Waals surface area contributed by atoms with Crippen molar-refractivity contribution in [2.45, 2.75) is 6.42 Å². The fourth-order valence-corrected chi connectivity index (χ4v) is 1.89. The van der Waals surface area contributed by atoms with Crippen LogP contribution in [0.2, 0.25) is 5.02 Å². The van der Waals surface area contributed by atoms with Crippen LogP contribution in [0.25, 0.3) is 0 Å². The van der Waals surface area contributed by atoms with Gasteiger partial charge in [-0.3, -0.25) is 0 Å². The van der Waals surface area contributed by atoms with Crippen LogP contribution in [0, 0.1) is 0 Å². The number of halogens is 2. The van der Waals surface area contributed by atoms with Gasteiger partial charge in [0.2, 0.25) is 0 Å². The summed E-state index contributed by atoms with van der Waals surface area (Å²) in [5.41, 5.74) is 2.42. The second-order valence-corrected chi connectivity index (χ2v) is 3.80. The molecule has 0 aromatic heterocycles. The number of nitrogens with one attached hydrogen (secondary N) is 1. The van der Waals surface area contributed by atoms with Crippen LogP contribution in [-0.2, 0) is 6.42 Å². The maximum atomic E-state index is 6.03. The van der Waals surface area contributed by atoms with Crippen molar-refractivity contribution in [1.82, 2.24) is 0 Å². The van der Waals surface area contributed by atoms with Gasteiger partial charge in [-0.15, -0.1) is 0 Å². The van der Waals surface area contributed by atoms with Crippen molar-refractivity contribution in [2.75, 3.05) is 11.9 Å². The van der Waals surface area contributed by atoms with E-state index in [2.05, 4.69) is 27.3 Å². The minimum atomic E-state index is 0.806. The van der Waals surface area contributed by atoms with E-state index in [1.807, 2.05) is 6.07 Å². The fraction of sp³-hybridized carbons (Fsp3) is 0.250. The summed E-state index contributed by atoms with van der Waals surface area (Å²) in [7, 11) is 0.